The number of carbonyl (C=O) groups excluding carboxylic acids is 2. The fourth-order valence-corrected chi connectivity index (χ4v) is 4.20. The summed E-state index contributed by atoms with van der Waals surface area (Å²) in [4.78, 5) is 28.5. The number of hydrogen-bond acceptors (Lipinski definition) is 6. The van der Waals surface area contributed by atoms with E-state index in [1.165, 1.54) is 13.2 Å². The maximum Gasteiger partial charge on any atom is 0.315 e. The first-order valence-corrected chi connectivity index (χ1v) is 9.84. The minimum Gasteiger partial charge on any atom is -0.468 e. The van der Waals surface area contributed by atoms with E-state index in [0.717, 1.165) is 30.7 Å². The van der Waals surface area contributed by atoms with E-state index in [0.29, 0.717) is 23.8 Å². The van der Waals surface area contributed by atoms with Crippen molar-refractivity contribution >= 4 is 59.4 Å². The zero-order valence-corrected chi connectivity index (χ0v) is 16.4. The molecule has 2 heterocycles. The van der Waals surface area contributed by atoms with Crippen LogP contribution in [0, 0.1) is 5.82 Å². The third-order valence-corrected chi connectivity index (χ3v) is 5.99. The van der Waals surface area contributed by atoms with Gasteiger partial charge in [-0.1, -0.05) is 11.6 Å². The summed E-state index contributed by atoms with van der Waals surface area (Å²) in [6.07, 6.45) is 1.84. The number of amidine groups is 1. The average molecular weight is 418 g/mol. The molecule has 140 valence electrons. The maximum atomic E-state index is 14.4. The van der Waals surface area contributed by atoms with Crippen LogP contribution in [0.2, 0.25) is 5.02 Å². The summed E-state index contributed by atoms with van der Waals surface area (Å²) < 4.78 is 19.0. The monoisotopic (exact) mass is 417 g/mol. The predicted molar refractivity (Wildman–Crippen MR) is 102 cm³/mol. The number of esters is 1. The van der Waals surface area contributed by atoms with Crippen LogP contribution in [0.5, 0.6) is 0 Å². The molecule has 1 unspecified atom stereocenters. The molecule has 2 fully saturated rings. The quantitative estimate of drug-likeness (QED) is 0.463. The largest absolute Gasteiger partial charge is 0.468 e. The molecule has 3 rings (SSSR count). The number of fused-ring (bicyclic) bond motifs is 1. The number of amides is 1. The number of methoxy groups -OCH3 is 1. The zero-order chi connectivity index (χ0) is 18.8. The first-order chi connectivity index (χ1) is 12.4. The molecule has 1 aromatic carbocycles. The third kappa shape index (κ3) is 3.79. The average Bonchev–Trinajstić information content (AvgIpc) is 2.87. The van der Waals surface area contributed by atoms with E-state index < -0.39 is 17.0 Å². The Hall–Kier alpha value is -1.45. The van der Waals surface area contributed by atoms with Crippen molar-refractivity contribution in [1.82, 2.24) is 10.0 Å². The molecule has 0 aromatic heterocycles. The molecule has 0 aliphatic carbocycles. The smallest absolute Gasteiger partial charge is 0.315 e. The molecule has 1 aromatic rings. The second kappa shape index (κ2) is 8.06. The van der Waals surface area contributed by atoms with E-state index >= 15 is 0 Å². The molecular weight excluding hydrogens is 401 g/mol. The minimum atomic E-state index is -0.727. The fraction of sp³-hybridized carbons (Fsp3) is 0.438. The van der Waals surface area contributed by atoms with Crippen molar-refractivity contribution in [3.8, 4) is 0 Å². The molecule has 2 aliphatic rings. The molecule has 2 aliphatic heterocycles. The summed E-state index contributed by atoms with van der Waals surface area (Å²) in [5.74, 6) is -0.715. The number of carbonyl (C=O) groups is 2. The van der Waals surface area contributed by atoms with Gasteiger partial charge >= 0.3 is 5.97 Å². The van der Waals surface area contributed by atoms with Crippen LogP contribution in [0.4, 0.5) is 10.1 Å². The van der Waals surface area contributed by atoms with Crippen molar-refractivity contribution in [1.29, 1.82) is 0 Å². The summed E-state index contributed by atoms with van der Waals surface area (Å²) in [5, 5.41) is 2.83. The van der Waals surface area contributed by atoms with E-state index in [4.69, 9.17) is 11.6 Å². The van der Waals surface area contributed by atoms with Gasteiger partial charge < -0.3 is 4.74 Å². The Morgan fingerprint density at radius 2 is 2.12 bits per heavy atom. The van der Waals surface area contributed by atoms with Crippen molar-refractivity contribution in [2.75, 3.05) is 26.0 Å². The minimum absolute atomic E-state index is 0.0471. The molecule has 0 spiro atoms. The van der Waals surface area contributed by atoms with Gasteiger partial charge in [-0.25, -0.2) is 9.38 Å². The second-order valence-corrected chi connectivity index (χ2v) is 7.70. The molecule has 0 bridgehead atoms. The maximum absolute atomic E-state index is 14.4. The summed E-state index contributed by atoms with van der Waals surface area (Å²) in [6.45, 7) is 1.25. The molecule has 6 nitrogen and oxygen atoms in total. The van der Waals surface area contributed by atoms with Crippen LogP contribution in [-0.4, -0.2) is 58.9 Å². The van der Waals surface area contributed by atoms with Crippen LogP contribution in [0.1, 0.15) is 12.8 Å². The summed E-state index contributed by atoms with van der Waals surface area (Å²) in [6, 6.07) is 2.62. The first-order valence-electron chi connectivity index (χ1n) is 7.96. The van der Waals surface area contributed by atoms with Crippen molar-refractivity contribution < 1.29 is 18.7 Å². The van der Waals surface area contributed by atoms with Crippen molar-refractivity contribution in [2.45, 2.75) is 23.0 Å². The summed E-state index contributed by atoms with van der Waals surface area (Å²) >= 11 is 11.5. The number of thiol groups is 1. The topological polar surface area (TPSA) is 62.2 Å². The van der Waals surface area contributed by atoms with Gasteiger partial charge in [-0.05, 0) is 25.0 Å². The van der Waals surface area contributed by atoms with Crippen LogP contribution in [-0.2, 0) is 14.3 Å². The van der Waals surface area contributed by atoms with Crippen LogP contribution in [0.25, 0.3) is 0 Å². The highest BCUT2D eigenvalue weighted by Crippen LogP contribution is 2.35. The van der Waals surface area contributed by atoms with Gasteiger partial charge in [-0.15, -0.1) is 11.8 Å². The normalized spacial score (nSPS) is 21.3. The van der Waals surface area contributed by atoms with Gasteiger partial charge in [0.25, 0.3) is 5.91 Å². The van der Waals surface area contributed by atoms with Gasteiger partial charge in [0, 0.05) is 18.0 Å². The summed E-state index contributed by atoms with van der Waals surface area (Å²) in [7, 11) is 1.29. The number of aliphatic imine (C=N–C) groups is 1. The molecule has 26 heavy (non-hydrogen) atoms. The Morgan fingerprint density at radius 3 is 2.81 bits per heavy atom. The van der Waals surface area contributed by atoms with Crippen molar-refractivity contribution in [3.63, 3.8) is 0 Å². The molecule has 2 saturated heterocycles. The lowest BCUT2D eigenvalue weighted by atomic mass is 10.2. The van der Waals surface area contributed by atoms with Crippen LogP contribution in [0.15, 0.2) is 22.0 Å². The summed E-state index contributed by atoms with van der Waals surface area (Å²) in [5.41, 5.74) is 0.0519. The van der Waals surface area contributed by atoms with E-state index in [9.17, 15) is 14.0 Å². The van der Waals surface area contributed by atoms with E-state index in [-0.39, 0.29) is 22.4 Å². The van der Waals surface area contributed by atoms with Crippen LogP contribution >= 0.6 is 36.0 Å². The van der Waals surface area contributed by atoms with Crippen molar-refractivity contribution in [2.24, 2.45) is 4.99 Å². The third-order valence-electron chi connectivity index (χ3n) is 4.09. The Morgan fingerprint density at radius 1 is 1.42 bits per heavy atom. The molecule has 1 amide bonds. The number of benzene rings is 1. The molecule has 1 atom stereocenters. The lowest BCUT2D eigenvalue weighted by Crippen LogP contribution is -2.45. The number of hydrogen-bond donors (Lipinski definition) is 1. The Labute approximate surface area is 165 Å². The highest BCUT2D eigenvalue weighted by Gasteiger charge is 2.42. The number of hydrazine groups is 1. The Kier molecular flexibility index (Phi) is 5.99. The number of ether oxygens (including phenoxy) is 1. The van der Waals surface area contributed by atoms with Gasteiger partial charge in [0.2, 0.25) is 0 Å². The zero-order valence-electron chi connectivity index (χ0n) is 13.9. The van der Waals surface area contributed by atoms with Gasteiger partial charge in [0.1, 0.15) is 22.6 Å². The van der Waals surface area contributed by atoms with Crippen LogP contribution < -0.4 is 0 Å². The number of nitrogens with zero attached hydrogens (tertiary/aromatic N) is 3. The SMILES string of the molecule is COC(=O)CSc1cc(N=C2C(S)C(=O)N3CCCCN23)c(F)cc1Cl. The first kappa shape index (κ1) is 19.3. The van der Waals surface area contributed by atoms with Gasteiger partial charge in [-0.3, -0.25) is 19.6 Å². The number of halogens is 2. The molecular formula is C16H17ClFN3O3S2. The van der Waals surface area contributed by atoms with Gasteiger partial charge in [0.15, 0.2) is 0 Å². The fourth-order valence-electron chi connectivity index (χ4n) is 2.78. The number of thioether (sulfide) groups is 1. The molecule has 0 radical (unpaired) electrons. The number of rotatable bonds is 4. The van der Waals surface area contributed by atoms with E-state index in [2.05, 4.69) is 22.4 Å². The standard InChI is InChI=1S/C16H17ClFN3O3S2/c1-24-13(22)8-26-12-7-11(10(18)6-9(12)17)19-15-14(25)16(23)21-5-3-2-4-20(15)21/h6-7,14,25H,2-5,8H2,1H3. The predicted octanol–water partition coefficient (Wildman–Crippen LogP) is 2.93. The van der Waals surface area contributed by atoms with E-state index in [1.54, 1.807) is 10.0 Å². The second-order valence-electron chi connectivity index (χ2n) is 5.76. The Balaban J connectivity index is 1.91. The molecule has 0 saturated carbocycles. The van der Waals surface area contributed by atoms with Gasteiger partial charge in [-0.2, -0.15) is 12.6 Å². The van der Waals surface area contributed by atoms with E-state index in [1.807, 2.05) is 0 Å². The highest BCUT2D eigenvalue weighted by atomic mass is 35.5. The molecule has 10 heteroatoms. The Bertz CT molecular complexity index is 777. The van der Waals surface area contributed by atoms with Crippen LogP contribution in [0.3, 0.4) is 0 Å². The van der Waals surface area contributed by atoms with Gasteiger partial charge in [0.05, 0.1) is 17.9 Å². The molecule has 0 N–H and O–H groups in total. The highest BCUT2D eigenvalue weighted by molar-refractivity contribution is 8.00. The van der Waals surface area contributed by atoms with Crippen molar-refractivity contribution in [3.05, 3.63) is 23.0 Å². The lowest BCUT2D eigenvalue weighted by molar-refractivity contribution is -0.138. The lowest BCUT2D eigenvalue weighted by Gasteiger charge is -2.33.